The zero-order valence-corrected chi connectivity index (χ0v) is 9.59. The van der Waals surface area contributed by atoms with E-state index in [4.69, 9.17) is 5.11 Å². The van der Waals surface area contributed by atoms with Crippen LogP contribution >= 0.6 is 0 Å². The Kier molecular flexibility index (Phi) is 4.17. The Morgan fingerprint density at radius 3 is 2.44 bits per heavy atom. The first-order valence-electron chi connectivity index (χ1n) is 4.60. The van der Waals surface area contributed by atoms with E-state index in [-0.39, 0.29) is 0 Å². The zero-order chi connectivity index (χ0) is 14.0. The molecule has 18 heavy (non-hydrogen) atoms. The maximum absolute atomic E-state index is 12.5. The van der Waals surface area contributed by atoms with Crippen molar-refractivity contribution in [2.75, 3.05) is 6.54 Å². The maximum Gasteiger partial charge on any atom is 0.320 e. The molecule has 0 spiro atoms. The quantitative estimate of drug-likeness (QED) is 0.808. The van der Waals surface area contributed by atoms with Crippen molar-refractivity contribution in [2.45, 2.75) is 17.2 Å². The number of nitrogens with one attached hydrogen (secondary N) is 1. The molecule has 0 atom stereocenters. The monoisotopic (exact) mass is 287 g/mol. The molecule has 0 saturated carbocycles. The second-order valence-electron chi connectivity index (χ2n) is 3.38. The summed E-state index contributed by atoms with van der Waals surface area (Å²) in [6, 6.07) is 4.19. The van der Waals surface area contributed by atoms with Crippen LogP contribution in [0.1, 0.15) is 0 Å². The fourth-order valence-electron chi connectivity index (χ4n) is 1.00. The molecule has 0 heterocycles. The van der Waals surface area contributed by atoms with Crippen LogP contribution in [0.4, 0.5) is 17.6 Å². The summed E-state index contributed by atoms with van der Waals surface area (Å²) in [7, 11) is -4.37. The fourth-order valence-corrected chi connectivity index (χ4v) is 2.09. The van der Waals surface area contributed by atoms with Gasteiger partial charge in [0.25, 0.3) is 0 Å². The molecule has 2 N–H and O–H groups in total. The van der Waals surface area contributed by atoms with E-state index in [9.17, 15) is 26.0 Å². The van der Waals surface area contributed by atoms with E-state index in [1.54, 1.807) is 0 Å². The Hall–Kier alpha value is -1.35. The lowest BCUT2D eigenvalue weighted by molar-refractivity contribution is -0.122. The number of benzene rings is 1. The van der Waals surface area contributed by atoms with Crippen LogP contribution in [0.15, 0.2) is 29.2 Å². The second-order valence-corrected chi connectivity index (χ2v) is 5.15. The topological polar surface area (TPSA) is 66.4 Å². The fraction of sp³-hybridized carbons (Fsp3) is 0.333. The van der Waals surface area contributed by atoms with Crippen molar-refractivity contribution in [1.29, 1.82) is 0 Å². The maximum atomic E-state index is 12.5. The predicted octanol–water partition coefficient (Wildman–Crippen LogP) is 1.57. The molecule has 0 fully saturated rings. The summed E-state index contributed by atoms with van der Waals surface area (Å²) >= 11 is 0. The van der Waals surface area contributed by atoms with Crippen LogP contribution in [0, 0.1) is 0 Å². The molecule has 0 unspecified atom stereocenters. The van der Waals surface area contributed by atoms with Gasteiger partial charge < -0.3 is 5.11 Å². The molecular formula is C9H9F4NO3S. The lowest BCUT2D eigenvalue weighted by Crippen LogP contribution is -2.41. The number of hydrogen-bond acceptors (Lipinski definition) is 3. The molecule has 1 aromatic carbocycles. The van der Waals surface area contributed by atoms with E-state index >= 15 is 0 Å². The smallest absolute Gasteiger partial charge is 0.320 e. The minimum absolute atomic E-state index is 0.390. The van der Waals surface area contributed by atoms with Gasteiger partial charge in [-0.15, -0.1) is 0 Å². The summed E-state index contributed by atoms with van der Waals surface area (Å²) < 4.78 is 73.0. The highest BCUT2D eigenvalue weighted by atomic mass is 32.2. The number of phenols is 1. The molecular weight excluding hydrogens is 278 g/mol. The molecule has 102 valence electrons. The predicted molar refractivity (Wildman–Crippen MR) is 54.2 cm³/mol. The van der Waals surface area contributed by atoms with Crippen molar-refractivity contribution >= 4 is 10.0 Å². The van der Waals surface area contributed by atoms with Gasteiger partial charge in [-0.25, -0.2) is 21.9 Å². The lowest BCUT2D eigenvalue weighted by Gasteiger charge is -2.15. The van der Waals surface area contributed by atoms with Gasteiger partial charge in [0.1, 0.15) is 5.75 Å². The van der Waals surface area contributed by atoms with Gasteiger partial charge in [0.05, 0.1) is 11.4 Å². The largest absolute Gasteiger partial charge is 0.508 e. The van der Waals surface area contributed by atoms with Crippen LogP contribution in [0.5, 0.6) is 5.75 Å². The molecule has 0 aliphatic heterocycles. The standard InChI is InChI=1S/C9H9F4NO3S/c10-8(11)9(12,13)5-14-18(16,17)7-3-1-2-6(15)4-7/h1-4,8,14-15H,5H2. The third kappa shape index (κ3) is 3.57. The van der Waals surface area contributed by atoms with E-state index in [0.29, 0.717) is 0 Å². The van der Waals surface area contributed by atoms with Crippen LogP contribution < -0.4 is 4.72 Å². The second kappa shape index (κ2) is 5.11. The first kappa shape index (κ1) is 14.7. The molecule has 0 aliphatic carbocycles. The van der Waals surface area contributed by atoms with Gasteiger partial charge in [0, 0.05) is 0 Å². The number of hydrogen-bond donors (Lipinski definition) is 2. The molecule has 0 aliphatic rings. The summed E-state index contributed by atoms with van der Waals surface area (Å²) in [6.45, 7) is -1.72. The zero-order valence-electron chi connectivity index (χ0n) is 8.78. The molecule has 0 amide bonds. The summed E-state index contributed by atoms with van der Waals surface area (Å²) in [5.74, 6) is -4.84. The summed E-state index contributed by atoms with van der Waals surface area (Å²) in [6.07, 6.45) is -3.97. The van der Waals surface area contributed by atoms with Crippen molar-refractivity contribution in [3.05, 3.63) is 24.3 Å². The van der Waals surface area contributed by atoms with Gasteiger partial charge in [-0.3, -0.25) is 0 Å². The third-order valence-electron chi connectivity index (χ3n) is 1.95. The SMILES string of the molecule is O=S(=O)(NCC(F)(F)C(F)F)c1cccc(O)c1. The molecule has 0 radical (unpaired) electrons. The molecule has 1 aromatic rings. The Bertz CT molecular complexity index is 518. The Morgan fingerprint density at radius 1 is 1.33 bits per heavy atom. The number of halogens is 4. The highest BCUT2D eigenvalue weighted by molar-refractivity contribution is 7.89. The Balaban J connectivity index is 2.84. The number of rotatable bonds is 5. The van der Waals surface area contributed by atoms with Crippen molar-refractivity contribution in [1.82, 2.24) is 4.72 Å². The number of phenolic OH excluding ortho intramolecular Hbond substituents is 1. The van der Waals surface area contributed by atoms with Gasteiger partial charge in [-0.05, 0) is 18.2 Å². The van der Waals surface area contributed by atoms with Gasteiger partial charge in [0.2, 0.25) is 10.0 Å². The van der Waals surface area contributed by atoms with E-state index in [2.05, 4.69) is 0 Å². The molecule has 0 saturated heterocycles. The van der Waals surface area contributed by atoms with Gasteiger partial charge >= 0.3 is 12.3 Å². The first-order valence-corrected chi connectivity index (χ1v) is 6.08. The first-order chi connectivity index (χ1) is 8.15. The Morgan fingerprint density at radius 2 is 1.94 bits per heavy atom. The lowest BCUT2D eigenvalue weighted by atomic mass is 10.3. The van der Waals surface area contributed by atoms with Gasteiger partial charge in [0.15, 0.2) is 0 Å². The third-order valence-corrected chi connectivity index (χ3v) is 3.34. The minimum atomic E-state index is -4.45. The molecule has 4 nitrogen and oxygen atoms in total. The van der Waals surface area contributed by atoms with Crippen LogP contribution in [-0.2, 0) is 10.0 Å². The van der Waals surface area contributed by atoms with Crippen LogP contribution in [0.3, 0.4) is 0 Å². The molecule has 0 bridgehead atoms. The van der Waals surface area contributed by atoms with E-state index in [1.807, 2.05) is 0 Å². The average molecular weight is 287 g/mol. The van der Waals surface area contributed by atoms with E-state index in [1.165, 1.54) is 16.9 Å². The number of alkyl halides is 4. The summed E-state index contributed by atoms with van der Waals surface area (Å²) in [5.41, 5.74) is 0. The van der Waals surface area contributed by atoms with Gasteiger partial charge in [-0.1, -0.05) is 6.07 Å². The number of aromatic hydroxyl groups is 1. The van der Waals surface area contributed by atoms with Crippen LogP contribution in [0.2, 0.25) is 0 Å². The molecule has 9 heteroatoms. The van der Waals surface area contributed by atoms with Crippen LogP contribution in [0.25, 0.3) is 0 Å². The number of sulfonamides is 1. The molecule has 1 rings (SSSR count). The average Bonchev–Trinajstić information content (AvgIpc) is 2.26. The van der Waals surface area contributed by atoms with Crippen LogP contribution in [-0.4, -0.2) is 32.4 Å². The summed E-state index contributed by atoms with van der Waals surface area (Å²) in [4.78, 5) is -0.493. The van der Waals surface area contributed by atoms with Crippen molar-refractivity contribution in [3.8, 4) is 5.75 Å². The summed E-state index contributed by atoms with van der Waals surface area (Å²) in [5, 5.41) is 9.03. The van der Waals surface area contributed by atoms with Crippen molar-refractivity contribution < 1.29 is 31.1 Å². The van der Waals surface area contributed by atoms with Crippen molar-refractivity contribution in [2.24, 2.45) is 0 Å². The Labute approximate surface area is 100 Å². The molecule has 0 aromatic heterocycles. The van der Waals surface area contributed by atoms with E-state index in [0.717, 1.165) is 12.1 Å². The highest BCUT2D eigenvalue weighted by Gasteiger charge is 2.41. The highest BCUT2D eigenvalue weighted by Crippen LogP contribution is 2.23. The normalized spacial score (nSPS) is 12.9. The minimum Gasteiger partial charge on any atom is -0.508 e. The van der Waals surface area contributed by atoms with E-state index < -0.39 is 39.6 Å². The van der Waals surface area contributed by atoms with Gasteiger partial charge in [-0.2, -0.15) is 8.78 Å². The van der Waals surface area contributed by atoms with Crippen molar-refractivity contribution in [3.63, 3.8) is 0 Å².